The SMILES string of the molecule is COc1cc(OC)c(OC)cc1/C=C(\NC(=O)c1ccccc1)C(=O)Nc1ccc(SC(C(=O)Nc2ccc(Cl)c(Cl)c2)c2ccccc2)cc1. The summed E-state index contributed by atoms with van der Waals surface area (Å²) < 4.78 is 16.4. The van der Waals surface area contributed by atoms with Crippen molar-refractivity contribution in [2.24, 2.45) is 0 Å². The second-order valence-electron chi connectivity index (χ2n) is 10.8. The number of nitrogens with one attached hydrogen (secondary N) is 3. The van der Waals surface area contributed by atoms with Crippen molar-refractivity contribution >= 4 is 70.1 Å². The van der Waals surface area contributed by atoms with Crippen molar-refractivity contribution in [1.82, 2.24) is 5.32 Å². The molecule has 51 heavy (non-hydrogen) atoms. The monoisotopic (exact) mass is 741 g/mol. The van der Waals surface area contributed by atoms with Crippen LogP contribution in [0, 0.1) is 0 Å². The number of carbonyl (C=O) groups is 3. The van der Waals surface area contributed by atoms with Gasteiger partial charge in [0.15, 0.2) is 11.5 Å². The molecule has 5 rings (SSSR count). The summed E-state index contributed by atoms with van der Waals surface area (Å²) in [6, 6.07) is 33.1. The number of anilines is 2. The molecule has 1 atom stereocenters. The fourth-order valence-corrected chi connectivity index (χ4v) is 6.22. The Kier molecular flexibility index (Phi) is 12.6. The normalized spacial score (nSPS) is 11.6. The van der Waals surface area contributed by atoms with E-state index in [0.717, 1.165) is 10.5 Å². The number of hydrogen-bond acceptors (Lipinski definition) is 7. The number of benzene rings is 5. The summed E-state index contributed by atoms with van der Waals surface area (Å²) >= 11 is 13.6. The van der Waals surface area contributed by atoms with Crippen LogP contribution < -0.4 is 30.2 Å². The van der Waals surface area contributed by atoms with Crippen LogP contribution in [-0.2, 0) is 9.59 Å². The molecule has 0 aliphatic heterocycles. The van der Waals surface area contributed by atoms with Gasteiger partial charge in [0.05, 0.1) is 31.4 Å². The molecule has 0 spiro atoms. The highest BCUT2D eigenvalue weighted by Crippen LogP contribution is 2.38. The Morgan fingerprint density at radius 3 is 1.90 bits per heavy atom. The molecule has 260 valence electrons. The molecule has 9 nitrogen and oxygen atoms in total. The second kappa shape index (κ2) is 17.5. The first kappa shape index (κ1) is 36.9. The number of rotatable bonds is 13. The van der Waals surface area contributed by atoms with E-state index in [1.165, 1.54) is 39.2 Å². The van der Waals surface area contributed by atoms with Crippen LogP contribution in [0.5, 0.6) is 17.2 Å². The van der Waals surface area contributed by atoms with Gasteiger partial charge in [0, 0.05) is 33.5 Å². The number of hydrogen-bond donors (Lipinski definition) is 3. The molecule has 3 amide bonds. The van der Waals surface area contributed by atoms with Crippen molar-refractivity contribution in [1.29, 1.82) is 0 Å². The van der Waals surface area contributed by atoms with Crippen LogP contribution in [0.4, 0.5) is 11.4 Å². The fraction of sp³-hybridized carbons (Fsp3) is 0.103. The van der Waals surface area contributed by atoms with Crippen molar-refractivity contribution in [2.45, 2.75) is 10.1 Å². The minimum absolute atomic E-state index is 0.0454. The maximum Gasteiger partial charge on any atom is 0.272 e. The summed E-state index contributed by atoms with van der Waals surface area (Å²) in [4.78, 5) is 41.2. The second-order valence-corrected chi connectivity index (χ2v) is 12.8. The van der Waals surface area contributed by atoms with Crippen LogP contribution in [-0.4, -0.2) is 39.1 Å². The van der Waals surface area contributed by atoms with Crippen molar-refractivity contribution in [3.63, 3.8) is 0 Å². The first-order chi connectivity index (χ1) is 24.7. The van der Waals surface area contributed by atoms with Crippen LogP contribution >= 0.6 is 35.0 Å². The average Bonchev–Trinajstić information content (AvgIpc) is 3.16. The van der Waals surface area contributed by atoms with Gasteiger partial charge < -0.3 is 30.2 Å². The Labute approximate surface area is 309 Å². The van der Waals surface area contributed by atoms with Gasteiger partial charge in [0.2, 0.25) is 5.91 Å². The third-order valence-electron chi connectivity index (χ3n) is 7.46. The van der Waals surface area contributed by atoms with E-state index in [4.69, 9.17) is 37.4 Å². The molecule has 5 aromatic carbocycles. The van der Waals surface area contributed by atoms with Gasteiger partial charge in [-0.2, -0.15) is 0 Å². The molecule has 1 unspecified atom stereocenters. The Morgan fingerprint density at radius 1 is 0.667 bits per heavy atom. The van der Waals surface area contributed by atoms with E-state index in [9.17, 15) is 14.4 Å². The molecule has 0 aromatic heterocycles. The Hall–Kier alpha value is -5.42. The average molecular weight is 743 g/mol. The van der Waals surface area contributed by atoms with E-state index in [0.29, 0.717) is 49.8 Å². The van der Waals surface area contributed by atoms with Crippen molar-refractivity contribution in [2.75, 3.05) is 32.0 Å². The maximum absolute atomic E-state index is 13.7. The van der Waals surface area contributed by atoms with E-state index in [1.54, 1.807) is 84.9 Å². The van der Waals surface area contributed by atoms with E-state index >= 15 is 0 Å². The molecule has 0 saturated carbocycles. The van der Waals surface area contributed by atoms with Crippen molar-refractivity contribution in [3.05, 3.63) is 148 Å². The van der Waals surface area contributed by atoms with Crippen molar-refractivity contribution < 1.29 is 28.6 Å². The van der Waals surface area contributed by atoms with Crippen LogP contribution in [0.25, 0.3) is 6.08 Å². The lowest BCUT2D eigenvalue weighted by atomic mass is 10.1. The molecular formula is C39H33Cl2N3O6S. The Balaban J connectivity index is 1.39. The summed E-state index contributed by atoms with van der Waals surface area (Å²) in [6.07, 6.45) is 1.50. The van der Waals surface area contributed by atoms with Gasteiger partial charge in [-0.1, -0.05) is 71.7 Å². The summed E-state index contributed by atoms with van der Waals surface area (Å²) in [7, 11) is 4.48. The zero-order valence-electron chi connectivity index (χ0n) is 27.7. The lowest BCUT2D eigenvalue weighted by molar-refractivity contribution is -0.116. The molecule has 3 N–H and O–H groups in total. The van der Waals surface area contributed by atoms with Crippen LogP contribution in [0.15, 0.2) is 126 Å². The standard InChI is InChI=1S/C39H33Cl2N3O6S/c1-48-33-23-35(50-3)34(49-2)21-26(33)20-32(44-37(45)25-12-8-5-9-13-25)38(46)42-27-14-17-29(18-15-27)51-36(24-10-6-4-7-11-24)39(47)43-28-16-19-30(40)31(41)22-28/h4-23,36H,1-3H3,(H,42,46)(H,43,47)(H,44,45)/b32-20-. The summed E-state index contributed by atoms with van der Waals surface area (Å²) in [6.45, 7) is 0. The molecule has 0 aliphatic carbocycles. The van der Waals surface area contributed by atoms with E-state index in [1.807, 2.05) is 30.3 Å². The first-order valence-electron chi connectivity index (χ1n) is 15.5. The van der Waals surface area contributed by atoms with Crippen LogP contribution in [0.2, 0.25) is 10.0 Å². The lowest BCUT2D eigenvalue weighted by Crippen LogP contribution is -2.30. The molecule has 0 radical (unpaired) electrons. The zero-order chi connectivity index (χ0) is 36.3. The van der Waals surface area contributed by atoms with Gasteiger partial charge in [-0.05, 0) is 72.3 Å². The Bertz CT molecular complexity index is 2040. The number of halogens is 2. The fourth-order valence-electron chi connectivity index (χ4n) is 4.90. The number of amides is 3. The van der Waals surface area contributed by atoms with E-state index in [-0.39, 0.29) is 11.6 Å². The topological polar surface area (TPSA) is 115 Å². The van der Waals surface area contributed by atoms with Crippen molar-refractivity contribution in [3.8, 4) is 17.2 Å². The van der Waals surface area contributed by atoms with Gasteiger partial charge in [-0.25, -0.2) is 0 Å². The number of methoxy groups -OCH3 is 3. The Morgan fingerprint density at radius 2 is 1.27 bits per heavy atom. The molecule has 5 aromatic rings. The molecular weight excluding hydrogens is 709 g/mol. The quantitative estimate of drug-likeness (QED) is 0.0816. The third kappa shape index (κ3) is 9.64. The molecule has 0 aliphatic rings. The predicted molar refractivity (Wildman–Crippen MR) is 203 cm³/mol. The minimum atomic E-state index is -0.611. The van der Waals surface area contributed by atoms with Gasteiger partial charge >= 0.3 is 0 Å². The lowest BCUT2D eigenvalue weighted by Gasteiger charge is -2.18. The number of carbonyl (C=O) groups excluding carboxylic acids is 3. The summed E-state index contributed by atoms with van der Waals surface area (Å²) in [5.74, 6) is -0.0775. The first-order valence-corrected chi connectivity index (χ1v) is 17.1. The van der Waals surface area contributed by atoms with Gasteiger partial charge in [-0.15, -0.1) is 11.8 Å². The van der Waals surface area contributed by atoms with Crippen LogP contribution in [0.1, 0.15) is 26.7 Å². The highest BCUT2D eigenvalue weighted by atomic mass is 35.5. The zero-order valence-corrected chi connectivity index (χ0v) is 30.1. The summed E-state index contributed by atoms with van der Waals surface area (Å²) in [5.41, 5.74) is 2.56. The van der Waals surface area contributed by atoms with Gasteiger partial charge in [0.25, 0.3) is 11.8 Å². The highest BCUT2D eigenvalue weighted by molar-refractivity contribution is 8.00. The number of thioether (sulfide) groups is 1. The third-order valence-corrected chi connectivity index (χ3v) is 9.46. The smallest absolute Gasteiger partial charge is 0.272 e. The molecule has 0 fully saturated rings. The molecule has 0 heterocycles. The maximum atomic E-state index is 13.7. The van der Waals surface area contributed by atoms with Gasteiger partial charge in [-0.3, -0.25) is 14.4 Å². The summed E-state index contributed by atoms with van der Waals surface area (Å²) in [5, 5.41) is 8.62. The van der Waals surface area contributed by atoms with Gasteiger partial charge in [0.1, 0.15) is 16.7 Å². The number of ether oxygens (including phenoxy) is 3. The highest BCUT2D eigenvalue weighted by Gasteiger charge is 2.23. The molecule has 0 bridgehead atoms. The van der Waals surface area contributed by atoms with Crippen LogP contribution in [0.3, 0.4) is 0 Å². The van der Waals surface area contributed by atoms with E-state index in [2.05, 4.69) is 16.0 Å². The molecule has 0 saturated heterocycles. The molecule has 12 heteroatoms. The van der Waals surface area contributed by atoms with E-state index < -0.39 is 17.1 Å². The predicted octanol–water partition coefficient (Wildman–Crippen LogP) is 8.90. The largest absolute Gasteiger partial charge is 0.496 e. The minimum Gasteiger partial charge on any atom is -0.496 e.